The monoisotopic (exact) mass is 823 g/mol. The van der Waals surface area contributed by atoms with Crippen molar-refractivity contribution in [3.05, 3.63) is 54.0 Å². The highest BCUT2D eigenvalue weighted by Crippen LogP contribution is 2.72. The number of alkyl halides is 2. The second kappa shape index (κ2) is 13.3. The Balaban J connectivity index is 0.908. The third-order valence-electron chi connectivity index (χ3n) is 18.0. The van der Waals surface area contributed by atoms with Gasteiger partial charge in [0.1, 0.15) is 17.8 Å². The summed E-state index contributed by atoms with van der Waals surface area (Å²) in [6.45, 7) is 8.60. The molecule has 0 aromatic heterocycles. The highest BCUT2D eigenvalue weighted by molar-refractivity contribution is 6.02. The van der Waals surface area contributed by atoms with Crippen molar-refractivity contribution in [2.24, 2.45) is 57.2 Å². The lowest BCUT2D eigenvalue weighted by Crippen LogP contribution is -2.69. The van der Waals surface area contributed by atoms with E-state index >= 15 is 8.78 Å². The van der Waals surface area contributed by atoms with E-state index in [0.29, 0.717) is 43.3 Å². The van der Waals surface area contributed by atoms with Crippen LogP contribution in [0.15, 0.2) is 47.6 Å². The SMILES string of the molecule is C[C@@H]1CC2C3CCC4=CC(=O)C=C[C@]4(C)[C@@]3(F)[C@@H](O)C[C@]2(C)[C@@]1(O)C(=O)[CH]COC(=O)OCC(=O)[C@@]1(O)[C@@H](C)CC2C3CCC4=CC(=O)C=C[C@]4(C)[C@@]3(F)[C@@H](O)C[C@@]21C. The lowest BCUT2D eigenvalue weighted by atomic mass is 9.44. The summed E-state index contributed by atoms with van der Waals surface area (Å²) in [4.78, 5) is 65.0. The van der Waals surface area contributed by atoms with Gasteiger partial charge in [-0.2, -0.15) is 0 Å². The smallest absolute Gasteiger partial charge is 0.433 e. The highest BCUT2D eigenvalue weighted by Gasteiger charge is 2.77. The largest absolute Gasteiger partial charge is 0.508 e. The molecule has 4 N–H and O–H groups in total. The summed E-state index contributed by atoms with van der Waals surface area (Å²) in [6, 6.07) is 0. The number of rotatable bonds is 7. The Morgan fingerprint density at radius 3 is 1.64 bits per heavy atom. The Morgan fingerprint density at radius 1 is 0.729 bits per heavy atom. The molecular formula is C46H57F2O11. The average Bonchev–Trinajstić information content (AvgIpc) is 3.50. The van der Waals surface area contributed by atoms with Gasteiger partial charge >= 0.3 is 6.16 Å². The number of Topliss-reactive ketones (excluding diaryl/α,β-unsaturated/α-hetero) is 2. The molecular weight excluding hydrogens is 766 g/mol. The van der Waals surface area contributed by atoms with Crippen LogP contribution in [0.4, 0.5) is 13.6 Å². The molecule has 4 unspecified atom stereocenters. The van der Waals surface area contributed by atoms with Crippen LogP contribution < -0.4 is 0 Å². The van der Waals surface area contributed by atoms with E-state index in [1.807, 2.05) is 0 Å². The Morgan fingerprint density at radius 2 is 1.17 bits per heavy atom. The van der Waals surface area contributed by atoms with Crippen molar-refractivity contribution in [1.82, 2.24) is 0 Å². The molecule has 13 heteroatoms. The van der Waals surface area contributed by atoms with Crippen LogP contribution in [0.5, 0.6) is 0 Å². The number of halogens is 2. The van der Waals surface area contributed by atoms with Crippen LogP contribution in [-0.4, -0.2) is 97.7 Å². The number of allylic oxidation sites excluding steroid dienone is 8. The minimum absolute atomic E-state index is 0.221. The van der Waals surface area contributed by atoms with E-state index in [1.165, 1.54) is 30.4 Å². The number of hydrogen-bond acceptors (Lipinski definition) is 11. The fourth-order valence-electron chi connectivity index (χ4n) is 14.8. The molecule has 0 heterocycles. The molecule has 8 aliphatic rings. The van der Waals surface area contributed by atoms with Crippen LogP contribution in [-0.2, 0) is 28.7 Å². The third kappa shape index (κ3) is 5.13. The summed E-state index contributed by atoms with van der Waals surface area (Å²) in [5.41, 5.74) is -12.2. The van der Waals surface area contributed by atoms with Gasteiger partial charge in [0.05, 0.1) is 18.6 Å². The topological polar surface area (TPSA) is 185 Å². The summed E-state index contributed by atoms with van der Waals surface area (Å²) in [5, 5.41) is 47.7. The molecule has 11 nitrogen and oxygen atoms in total. The van der Waals surface area contributed by atoms with Crippen molar-refractivity contribution in [2.45, 2.75) is 128 Å². The van der Waals surface area contributed by atoms with Crippen molar-refractivity contribution in [3.8, 4) is 0 Å². The fraction of sp³-hybridized carbons (Fsp3) is 0.696. The highest BCUT2D eigenvalue weighted by atomic mass is 19.1. The molecule has 0 aliphatic heterocycles. The number of ketones is 4. The van der Waals surface area contributed by atoms with Gasteiger partial charge in [-0.05, 0) is 113 Å². The lowest BCUT2D eigenvalue weighted by Gasteiger charge is -2.62. The van der Waals surface area contributed by atoms with Gasteiger partial charge in [0.25, 0.3) is 0 Å². The molecule has 8 rings (SSSR count). The molecule has 8 aliphatic carbocycles. The van der Waals surface area contributed by atoms with Gasteiger partial charge in [-0.3, -0.25) is 19.2 Å². The van der Waals surface area contributed by atoms with Crippen LogP contribution in [0.25, 0.3) is 0 Å². The quantitative estimate of drug-likeness (QED) is 0.248. The van der Waals surface area contributed by atoms with Crippen molar-refractivity contribution >= 4 is 29.3 Å². The molecule has 16 atom stereocenters. The third-order valence-corrected chi connectivity index (χ3v) is 18.0. The summed E-state index contributed by atoms with van der Waals surface area (Å²) >= 11 is 0. The number of fused-ring (bicyclic) bond motifs is 10. The number of aliphatic hydroxyl groups excluding tert-OH is 2. The van der Waals surface area contributed by atoms with Gasteiger partial charge in [-0.1, -0.05) is 51.0 Å². The zero-order valence-electron chi connectivity index (χ0n) is 34.6. The van der Waals surface area contributed by atoms with Crippen molar-refractivity contribution in [2.75, 3.05) is 13.2 Å². The summed E-state index contributed by atoms with van der Waals surface area (Å²) in [5.74, 6) is -5.84. The van der Waals surface area contributed by atoms with Crippen molar-refractivity contribution < 1.29 is 62.7 Å². The molecule has 0 spiro atoms. The van der Waals surface area contributed by atoms with Gasteiger partial charge in [0, 0.05) is 33.5 Å². The summed E-state index contributed by atoms with van der Waals surface area (Å²) in [6.07, 6.45) is 6.79. The second-order valence-corrected chi connectivity index (χ2v) is 20.2. The first-order valence-electron chi connectivity index (χ1n) is 21.2. The Labute approximate surface area is 343 Å². The molecule has 0 aromatic rings. The normalized spacial score (nSPS) is 50.6. The number of hydrogen-bond donors (Lipinski definition) is 4. The van der Waals surface area contributed by atoms with E-state index in [-0.39, 0.29) is 30.8 Å². The van der Waals surface area contributed by atoms with Crippen LogP contribution in [0.3, 0.4) is 0 Å². The summed E-state index contributed by atoms with van der Waals surface area (Å²) in [7, 11) is 0. The lowest BCUT2D eigenvalue weighted by molar-refractivity contribution is -0.219. The van der Waals surface area contributed by atoms with Crippen LogP contribution in [0.2, 0.25) is 0 Å². The average molecular weight is 824 g/mol. The number of ether oxygens (including phenoxy) is 2. The molecule has 1 radical (unpaired) electrons. The molecule has 321 valence electrons. The van der Waals surface area contributed by atoms with Crippen molar-refractivity contribution in [1.29, 1.82) is 0 Å². The predicted molar refractivity (Wildman–Crippen MR) is 207 cm³/mol. The number of carbonyl (C=O) groups is 5. The fourth-order valence-corrected chi connectivity index (χ4v) is 14.8. The summed E-state index contributed by atoms with van der Waals surface area (Å²) < 4.78 is 45.3. The maximum atomic E-state index is 17.5. The standard InChI is InChI=1S/C46H57F2O11/c1-24-17-32-30-9-7-26-19-28(49)11-14-39(26,3)43(30,47)35(52)21-41(32,5)45(24,56)34(51)13-16-58-38(55)59-23-37(54)46(57)25(2)18-33-31-10-8-27-20-29(50)12-15-40(27,4)44(31,48)36(53)22-42(33,46)6/h11-15,19-20,24-25,30-33,35-36,52-53,56-57H,7-10,16-18,21-23H2,1-6H3/t24-,25+,30?,31?,32?,33?,35+,36+,39+,40+,41+,42+,43+,44+,45+,46+/m1/s1. The maximum Gasteiger partial charge on any atom is 0.508 e. The molecule has 0 amide bonds. The molecule has 0 saturated heterocycles. The Hall–Kier alpha value is -3.39. The van der Waals surface area contributed by atoms with Crippen LogP contribution in [0, 0.1) is 63.6 Å². The number of carbonyl (C=O) groups excluding carboxylic acids is 5. The zero-order valence-corrected chi connectivity index (χ0v) is 34.6. The predicted octanol–water partition coefficient (Wildman–Crippen LogP) is 5.18. The first-order chi connectivity index (χ1) is 27.4. The van der Waals surface area contributed by atoms with E-state index in [2.05, 4.69) is 0 Å². The van der Waals surface area contributed by atoms with E-state index < -0.39 is 123 Å². The minimum Gasteiger partial charge on any atom is -0.433 e. The Bertz CT molecular complexity index is 2030. The van der Waals surface area contributed by atoms with E-state index in [4.69, 9.17) is 9.47 Å². The van der Waals surface area contributed by atoms with Gasteiger partial charge in [-0.25, -0.2) is 13.6 Å². The van der Waals surface area contributed by atoms with Crippen molar-refractivity contribution in [3.63, 3.8) is 0 Å². The van der Waals surface area contributed by atoms with Gasteiger partial charge in [0.2, 0.25) is 5.78 Å². The second-order valence-electron chi connectivity index (χ2n) is 20.2. The van der Waals surface area contributed by atoms with Gasteiger partial charge < -0.3 is 29.9 Å². The Kier molecular flexibility index (Phi) is 9.54. The first-order valence-corrected chi connectivity index (χ1v) is 21.2. The minimum atomic E-state index is -2.15. The molecule has 0 bridgehead atoms. The van der Waals surface area contributed by atoms with Gasteiger partial charge in [-0.15, -0.1) is 0 Å². The van der Waals surface area contributed by atoms with Crippen LogP contribution >= 0.6 is 0 Å². The van der Waals surface area contributed by atoms with E-state index in [9.17, 15) is 44.4 Å². The zero-order chi connectivity index (χ0) is 43.1. The molecule has 0 aromatic carbocycles. The van der Waals surface area contributed by atoms with Gasteiger partial charge in [0.15, 0.2) is 35.3 Å². The molecule has 6 saturated carbocycles. The molecule has 6 fully saturated rings. The molecule has 59 heavy (non-hydrogen) atoms. The number of aliphatic hydroxyl groups is 4. The van der Waals surface area contributed by atoms with E-state index in [1.54, 1.807) is 47.6 Å². The van der Waals surface area contributed by atoms with Crippen LogP contribution in [0.1, 0.15) is 92.9 Å². The van der Waals surface area contributed by atoms with E-state index in [0.717, 1.165) is 6.42 Å². The first kappa shape index (κ1) is 42.3. The maximum absolute atomic E-state index is 17.5.